The highest BCUT2D eigenvalue weighted by atomic mass is 13.9. The molecule has 0 aromatic carbocycles. The van der Waals surface area contributed by atoms with E-state index >= 15 is 0 Å². The van der Waals surface area contributed by atoms with Gasteiger partial charge in [0.1, 0.15) is 0 Å². The molecule has 0 aliphatic carbocycles. The lowest BCUT2D eigenvalue weighted by Gasteiger charge is -1.98. The molecule has 0 aliphatic rings. The molecule has 0 saturated carbocycles. The number of unbranched alkanes of at least 4 members (excludes halogenated alkanes) is 1. The molecule has 10 heavy (non-hydrogen) atoms. The van der Waals surface area contributed by atoms with Crippen molar-refractivity contribution in [1.82, 2.24) is 0 Å². The fraction of sp³-hybridized carbons (Fsp3) is 0.600. The van der Waals surface area contributed by atoms with Crippen molar-refractivity contribution in [2.45, 2.75) is 39.5 Å². The van der Waals surface area contributed by atoms with Crippen LogP contribution >= 0.6 is 0 Å². The van der Waals surface area contributed by atoms with E-state index in [-0.39, 0.29) is 0 Å². The van der Waals surface area contributed by atoms with Crippen molar-refractivity contribution in [3.05, 3.63) is 24.3 Å². The van der Waals surface area contributed by atoms with E-state index in [2.05, 4.69) is 26.5 Å². The first kappa shape index (κ1) is 9.48. The van der Waals surface area contributed by atoms with Gasteiger partial charge in [-0.25, -0.2) is 0 Å². The third kappa shape index (κ3) is 4.37. The van der Waals surface area contributed by atoms with Crippen LogP contribution in [0.25, 0.3) is 0 Å². The molecular formula is C10H18. The van der Waals surface area contributed by atoms with Crippen LogP contribution < -0.4 is 0 Å². The van der Waals surface area contributed by atoms with E-state index in [9.17, 15) is 0 Å². The standard InChI is InChI=1S/C10H18/c1-4-7-9-10(6-3)8-5-2/h5,9H,2,4,6-8H2,1,3H3/b10-9+. The molecule has 0 aromatic rings. The highest BCUT2D eigenvalue weighted by Gasteiger charge is 1.87. The maximum absolute atomic E-state index is 3.72. The summed E-state index contributed by atoms with van der Waals surface area (Å²) in [6.45, 7) is 8.12. The second kappa shape index (κ2) is 6.60. The quantitative estimate of drug-likeness (QED) is 0.508. The van der Waals surface area contributed by atoms with Crippen LogP contribution in [0.4, 0.5) is 0 Å². The van der Waals surface area contributed by atoms with E-state index in [0.717, 1.165) is 6.42 Å². The molecule has 0 fully saturated rings. The van der Waals surface area contributed by atoms with Crippen LogP contribution in [0.1, 0.15) is 39.5 Å². The van der Waals surface area contributed by atoms with Gasteiger partial charge in [-0.05, 0) is 19.3 Å². The van der Waals surface area contributed by atoms with Crippen molar-refractivity contribution >= 4 is 0 Å². The maximum atomic E-state index is 3.72. The molecule has 0 saturated heterocycles. The minimum absolute atomic E-state index is 1.07. The van der Waals surface area contributed by atoms with Gasteiger partial charge in [-0.15, -0.1) is 6.58 Å². The monoisotopic (exact) mass is 138 g/mol. The van der Waals surface area contributed by atoms with Crippen molar-refractivity contribution in [3.63, 3.8) is 0 Å². The molecule has 0 spiro atoms. The van der Waals surface area contributed by atoms with Crippen molar-refractivity contribution in [3.8, 4) is 0 Å². The Morgan fingerprint density at radius 3 is 2.50 bits per heavy atom. The Hall–Kier alpha value is -0.520. The Balaban J connectivity index is 3.65. The van der Waals surface area contributed by atoms with Crippen LogP contribution in [-0.4, -0.2) is 0 Å². The smallest absolute Gasteiger partial charge is 0.0142 e. The molecule has 0 N–H and O–H groups in total. The zero-order valence-electron chi connectivity index (χ0n) is 7.19. The molecule has 0 heterocycles. The Morgan fingerprint density at radius 2 is 2.10 bits per heavy atom. The summed E-state index contributed by atoms with van der Waals surface area (Å²) in [5.74, 6) is 0. The average Bonchev–Trinajstić information content (AvgIpc) is 1.98. The van der Waals surface area contributed by atoms with Crippen LogP contribution in [0.15, 0.2) is 24.3 Å². The first-order valence-electron chi connectivity index (χ1n) is 4.13. The predicted molar refractivity (Wildman–Crippen MR) is 48.1 cm³/mol. The van der Waals surface area contributed by atoms with Gasteiger partial charge in [0.05, 0.1) is 0 Å². The van der Waals surface area contributed by atoms with Gasteiger partial charge >= 0.3 is 0 Å². The van der Waals surface area contributed by atoms with Gasteiger partial charge in [0, 0.05) is 0 Å². The van der Waals surface area contributed by atoms with E-state index in [4.69, 9.17) is 0 Å². The molecule has 0 aliphatic heterocycles. The van der Waals surface area contributed by atoms with Gasteiger partial charge in [-0.1, -0.05) is 38.0 Å². The third-order valence-electron chi connectivity index (χ3n) is 1.58. The Bertz CT molecular complexity index is 109. The Labute approximate surface area is 64.6 Å². The zero-order chi connectivity index (χ0) is 7.82. The van der Waals surface area contributed by atoms with Gasteiger partial charge in [0.25, 0.3) is 0 Å². The van der Waals surface area contributed by atoms with Crippen molar-refractivity contribution in [2.24, 2.45) is 0 Å². The summed E-state index contributed by atoms with van der Waals surface area (Å²) in [6, 6.07) is 0. The van der Waals surface area contributed by atoms with E-state index in [1.807, 2.05) is 6.08 Å². The molecule has 0 amide bonds. The van der Waals surface area contributed by atoms with Crippen LogP contribution in [-0.2, 0) is 0 Å². The number of hydrogen-bond donors (Lipinski definition) is 0. The molecule has 0 aromatic heterocycles. The van der Waals surface area contributed by atoms with Crippen LogP contribution in [0, 0.1) is 0 Å². The Morgan fingerprint density at radius 1 is 1.40 bits per heavy atom. The molecular weight excluding hydrogens is 120 g/mol. The van der Waals surface area contributed by atoms with Gasteiger partial charge in [0.15, 0.2) is 0 Å². The summed E-state index contributed by atoms with van der Waals surface area (Å²) in [5, 5.41) is 0. The highest BCUT2D eigenvalue weighted by Crippen LogP contribution is 2.08. The summed E-state index contributed by atoms with van der Waals surface area (Å²) < 4.78 is 0. The fourth-order valence-electron chi connectivity index (χ4n) is 0.906. The fourth-order valence-corrected chi connectivity index (χ4v) is 0.906. The third-order valence-corrected chi connectivity index (χ3v) is 1.58. The van der Waals surface area contributed by atoms with Crippen LogP contribution in [0.5, 0.6) is 0 Å². The van der Waals surface area contributed by atoms with Gasteiger partial charge in [0.2, 0.25) is 0 Å². The average molecular weight is 138 g/mol. The topological polar surface area (TPSA) is 0 Å². The van der Waals surface area contributed by atoms with Crippen molar-refractivity contribution < 1.29 is 0 Å². The van der Waals surface area contributed by atoms with Gasteiger partial charge in [-0.2, -0.15) is 0 Å². The summed E-state index contributed by atoms with van der Waals surface area (Å²) >= 11 is 0. The highest BCUT2D eigenvalue weighted by molar-refractivity contribution is 5.05. The van der Waals surface area contributed by atoms with E-state index < -0.39 is 0 Å². The number of hydrogen-bond acceptors (Lipinski definition) is 0. The van der Waals surface area contributed by atoms with Crippen molar-refractivity contribution in [1.29, 1.82) is 0 Å². The summed E-state index contributed by atoms with van der Waals surface area (Å²) in [5.41, 5.74) is 1.52. The summed E-state index contributed by atoms with van der Waals surface area (Å²) in [4.78, 5) is 0. The van der Waals surface area contributed by atoms with E-state index in [0.29, 0.717) is 0 Å². The number of allylic oxidation sites excluding steroid dienone is 3. The minimum atomic E-state index is 1.07. The van der Waals surface area contributed by atoms with E-state index in [1.54, 1.807) is 0 Å². The lowest BCUT2D eigenvalue weighted by molar-refractivity contribution is 0.919. The largest absolute Gasteiger partial charge is 0.103 e. The predicted octanol–water partition coefficient (Wildman–Crippen LogP) is 3.70. The zero-order valence-corrected chi connectivity index (χ0v) is 7.19. The van der Waals surface area contributed by atoms with E-state index in [1.165, 1.54) is 24.8 Å². The van der Waals surface area contributed by atoms with Crippen molar-refractivity contribution in [2.75, 3.05) is 0 Å². The van der Waals surface area contributed by atoms with Crippen LogP contribution in [0.3, 0.4) is 0 Å². The molecule has 58 valence electrons. The molecule has 0 nitrogen and oxygen atoms in total. The lowest BCUT2D eigenvalue weighted by Crippen LogP contribution is -1.77. The molecule has 0 rings (SSSR count). The van der Waals surface area contributed by atoms with Crippen LogP contribution in [0.2, 0.25) is 0 Å². The Kier molecular flexibility index (Phi) is 6.25. The molecule has 0 bridgehead atoms. The summed E-state index contributed by atoms with van der Waals surface area (Å²) in [7, 11) is 0. The van der Waals surface area contributed by atoms with Gasteiger partial charge in [-0.3, -0.25) is 0 Å². The second-order valence-corrected chi connectivity index (χ2v) is 2.50. The molecule has 0 radical (unpaired) electrons. The minimum Gasteiger partial charge on any atom is -0.103 e. The lowest BCUT2D eigenvalue weighted by atomic mass is 10.1. The summed E-state index contributed by atoms with van der Waals surface area (Å²) in [6.07, 6.45) is 9.02. The van der Waals surface area contributed by atoms with Gasteiger partial charge < -0.3 is 0 Å². The molecule has 0 atom stereocenters. The molecule has 0 heteroatoms. The first-order chi connectivity index (χ1) is 4.85. The maximum Gasteiger partial charge on any atom is -0.0142 e. The molecule has 0 unspecified atom stereocenters. The first-order valence-corrected chi connectivity index (χ1v) is 4.13. The number of rotatable bonds is 5. The second-order valence-electron chi connectivity index (χ2n) is 2.50. The normalized spacial score (nSPS) is 11.6. The SMILES string of the molecule is C=CC/C(=C/CCC)CC.